The van der Waals surface area contributed by atoms with Crippen LogP contribution in [0.3, 0.4) is 0 Å². The van der Waals surface area contributed by atoms with Gasteiger partial charge in [-0.05, 0) is 64.2 Å². The summed E-state index contributed by atoms with van der Waals surface area (Å²) in [6.45, 7) is 0. The average molecular weight is 624 g/mol. The van der Waals surface area contributed by atoms with Crippen molar-refractivity contribution in [1.82, 2.24) is 4.57 Å². The molecule has 0 saturated carbocycles. The van der Waals surface area contributed by atoms with Crippen LogP contribution in [0.5, 0.6) is 11.5 Å². The molecular formula is C28H20Br2N2O3S. The number of para-hydroxylation sites is 1. The van der Waals surface area contributed by atoms with E-state index in [4.69, 9.17) is 9.73 Å². The number of aromatic nitrogens is 1. The van der Waals surface area contributed by atoms with Gasteiger partial charge in [0.05, 0.1) is 27.9 Å². The van der Waals surface area contributed by atoms with Crippen LogP contribution in [0, 0.1) is 0 Å². The molecule has 0 spiro atoms. The maximum Gasteiger partial charge on any atom is 0.271 e. The second kappa shape index (κ2) is 9.18. The predicted molar refractivity (Wildman–Crippen MR) is 149 cm³/mol. The molecule has 1 aromatic heterocycles. The van der Waals surface area contributed by atoms with Gasteiger partial charge in [-0.25, -0.2) is 4.99 Å². The van der Waals surface area contributed by atoms with E-state index in [0.29, 0.717) is 19.4 Å². The molecule has 0 fully saturated rings. The van der Waals surface area contributed by atoms with Gasteiger partial charge in [0.2, 0.25) is 0 Å². The normalized spacial score (nSPS) is 16.8. The summed E-state index contributed by atoms with van der Waals surface area (Å²) in [5, 5.41) is 10.6. The first kappa shape index (κ1) is 23.5. The standard InChI is InChI=1S/C28H20Br2N2O3S/c1-35-22-9-5-4-8-19(22)25-20-11-10-15-6-2-3-7-18(15)24(20)31-28-32(25)27(34)23(36-28)13-16-12-17(29)14-21(30)26(16)33/h2-9,12-14,25,33H,10-11H2,1H3/b23-13+/t25-/m1/s1. The van der Waals surface area contributed by atoms with Crippen LogP contribution in [-0.2, 0) is 6.42 Å². The minimum Gasteiger partial charge on any atom is -0.506 e. The van der Waals surface area contributed by atoms with Crippen molar-refractivity contribution < 1.29 is 9.84 Å². The molecule has 6 rings (SSSR count). The average Bonchev–Trinajstić information content (AvgIpc) is 3.20. The Bertz CT molecular complexity index is 1750. The van der Waals surface area contributed by atoms with Crippen molar-refractivity contribution in [3.8, 4) is 11.5 Å². The van der Waals surface area contributed by atoms with Crippen LogP contribution in [0.1, 0.15) is 34.7 Å². The zero-order valence-corrected chi connectivity index (χ0v) is 23.2. The van der Waals surface area contributed by atoms with Crippen LogP contribution in [0.25, 0.3) is 11.8 Å². The third-order valence-electron chi connectivity index (χ3n) is 6.65. The zero-order valence-electron chi connectivity index (χ0n) is 19.2. The summed E-state index contributed by atoms with van der Waals surface area (Å²) in [4.78, 5) is 19.6. The second-order valence-electron chi connectivity index (χ2n) is 8.68. The van der Waals surface area contributed by atoms with E-state index in [9.17, 15) is 9.90 Å². The van der Waals surface area contributed by atoms with Crippen LogP contribution in [0.2, 0.25) is 0 Å². The molecule has 180 valence electrons. The Morgan fingerprint density at radius 3 is 2.72 bits per heavy atom. The monoisotopic (exact) mass is 622 g/mol. The number of rotatable bonds is 3. The van der Waals surface area contributed by atoms with Crippen molar-refractivity contribution >= 4 is 55.0 Å². The second-order valence-corrected chi connectivity index (χ2v) is 11.5. The van der Waals surface area contributed by atoms with E-state index in [1.807, 2.05) is 30.3 Å². The Balaban J connectivity index is 1.66. The van der Waals surface area contributed by atoms with Gasteiger partial charge in [0.1, 0.15) is 11.5 Å². The summed E-state index contributed by atoms with van der Waals surface area (Å²) in [5.74, 6) is 0.816. The highest BCUT2D eigenvalue weighted by atomic mass is 79.9. The molecule has 0 saturated heterocycles. The van der Waals surface area contributed by atoms with Crippen LogP contribution in [0.4, 0.5) is 0 Å². The van der Waals surface area contributed by atoms with Crippen LogP contribution in [-0.4, -0.2) is 16.8 Å². The lowest BCUT2D eigenvalue weighted by Gasteiger charge is -2.31. The summed E-state index contributed by atoms with van der Waals surface area (Å²) in [6.07, 6.45) is 3.42. The number of halogens is 2. The topological polar surface area (TPSA) is 63.8 Å². The van der Waals surface area contributed by atoms with Crippen LogP contribution < -0.4 is 19.6 Å². The minimum atomic E-state index is -0.328. The lowest BCUT2D eigenvalue weighted by Crippen LogP contribution is -2.39. The summed E-state index contributed by atoms with van der Waals surface area (Å²) < 4.78 is 9.36. The Kier molecular flexibility index (Phi) is 5.98. The van der Waals surface area contributed by atoms with Gasteiger partial charge >= 0.3 is 0 Å². The molecular weight excluding hydrogens is 604 g/mol. The number of phenols is 1. The molecule has 5 nitrogen and oxygen atoms in total. The Morgan fingerprint density at radius 2 is 1.89 bits per heavy atom. The Morgan fingerprint density at radius 1 is 1.11 bits per heavy atom. The summed E-state index contributed by atoms with van der Waals surface area (Å²) in [7, 11) is 1.65. The number of hydrogen-bond donors (Lipinski definition) is 1. The van der Waals surface area contributed by atoms with Crippen molar-refractivity contribution in [3.05, 3.63) is 117 Å². The molecule has 2 aliphatic rings. The van der Waals surface area contributed by atoms with E-state index in [1.165, 1.54) is 16.9 Å². The predicted octanol–water partition coefficient (Wildman–Crippen LogP) is 5.56. The molecule has 0 radical (unpaired) electrons. The fraction of sp³-hybridized carbons (Fsp3) is 0.143. The van der Waals surface area contributed by atoms with Crippen LogP contribution >= 0.6 is 43.2 Å². The minimum absolute atomic E-state index is 0.0820. The van der Waals surface area contributed by atoms with Gasteiger partial charge in [-0.15, -0.1) is 0 Å². The highest BCUT2D eigenvalue weighted by molar-refractivity contribution is 9.11. The number of allylic oxidation sites excluding steroid dienone is 1. The van der Waals surface area contributed by atoms with Crippen molar-refractivity contribution in [2.45, 2.75) is 18.9 Å². The molecule has 1 atom stereocenters. The van der Waals surface area contributed by atoms with Gasteiger partial charge in [-0.1, -0.05) is 69.7 Å². The summed E-state index contributed by atoms with van der Waals surface area (Å²) >= 11 is 8.18. The van der Waals surface area contributed by atoms with E-state index in [1.54, 1.807) is 29.9 Å². The maximum atomic E-state index is 13.9. The Labute approximate surface area is 228 Å². The lowest BCUT2D eigenvalue weighted by molar-refractivity contribution is 0.402. The molecule has 1 aliphatic heterocycles. The van der Waals surface area contributed by atoms with Gasteiger partial charge in [0.25, 0.3) is 5.56 Å². The van der Waals surface area contributed by atoms with Gasteiger partial charge in [0.15, 0.2) is 4.80 Å². The molecule has 4 aromatic rings. The fourth-order valence-electron chi connectivity index (χ4n) is 5.03. The highest BCUT2D eigenvalue weighted by Crippen LogP contribution is 2.43. The number of fused-ring (bicyclic) bond motifs is 3. The van der Waals surface area contributed by atoms with E-state index in [-0.39, 0.29) is 17.4 Å². The highest BCUT2D eigenvalue weighted by Gasteiger charge is 2.34. The van der Waals surface area contributed by atoms with E-state index in [0.717, 1.165) is 45.5 Å². The van der Waals surface area contributed by atoms with Crippen LogP contribution in [0.15, 0.2) is 85.0 Å². The third kappa shape index (κ3) is 3.79. The molecule has 0 amide bonds. The number of ether oxygens (including phenoxy) is 1. The fourth-order valence-corrected chi connectivity index (χ4v) is 7.28. The number of phenolic OH excluding ortho intramolecular Hbond substituents is 1. The number of nitrogens with zero attached hydrogens (tertiary/aromatic N) is 2. The molecule has 0 unspecified atom stereocenters. The lowest BCUT2D eigenvalue weighted by atomic mass is 9.83. The number of aromatic hydroxyl groups is 1. The quantitative estimate of drug-likeness (QED) is 0.325. The molecule has 36 heavy (non-hydrogen) atoms. The molecule has 2 heterocycles. The molecule has 3 aromatic carbocycles. The zero-order chi connectivity index (χ0) is 25.0. The molecule has 8 heteroatoms. The van der Waals surface area contributed by atoms with Crippen molar-refractivity contribution in [2.24, 2.45) is 4.99 Å². The summed E-state index contributed by atoms with van der Waals surface area (Å²) in [6, 6.07) is 19.4. The van der Waals surface area contributed by atoms with E-state index < -0.39 is 0 Å². The van der Waals surface area contributed by atoms with Gasteiger partial charge in [0, 0.05) is 21.2 Å². The van der Waals surface area contributed by atoms with E-state index >= 15 is 0 Å². The third-order valence-corrected chi connectivity index (χ3v) is 8.70. The number of aryl methyl sites for hydroxylation is 1. The van der Waals surface area contributed by atoms with Gasteiger partial charge in [-0.2, -0.15) is 0 Å². The van der Waals surface area contributed by atoms with Crippen molar-refractivity contribution in [1.29, 1.82) is 0 Å². The smallest absolute Gasteiger partial charge is 0.271 e. The largest absolute Gasteiger partial charge is 0.506 e. The number of benzene rings is 3. The molecule has 1 aliphatic carbocycles. The van der Waals surface area contributed by atoms with Gasteiger partial charge in [-0.3, -0.25) is 9.36 Å². The number of thiazole rings is 1. The SMILES string of the molecule is COc1ccccc1[C@@H]1C2=C(N=c3s/c(=C/c4cc(Br)cc(Br)c4O)c(=O)n31)c1ccccc1CC2. The Hall–Kier alpha value is -2.94. The first-order valence-corrected chi connectivity index (χ1v) is 13.8. The maximum absolute atomic E-state index is 13.9. The molecule has 0 bridgehead atoms. The van der Waals surface area contributed by atoms with E-state index in [2.05, 4.69) is 50.1 Å². The number of methoxy groups -OCH3 is 1. The summed E-state index contributed by atoms with van der Waals surface area (Å²) in [5.41, 5.74) is 5.77. The van der Waals surface area contributed by atoms with Crippen molar-refractivity contribution in [2.75, 3.05) is 7.11 Å². The molecule has 1 N–H and O–H groups in total. The van der Waals surface area contributed by atoms with Gasteiger partial charge < -0.3 is 9.84 Å². The van der Waals surface area contributed by atoms with Crippen molar-refractivity contribution in [3.63, 3.8) is 0 Å². The first-order chi connectivity index (χ1) is 17.5. The number of hydrogen-bond acceptors (Lipinski definition) is 5. The first-order valence-electron chi connectivity index (χ1n) is 11.4.